The van der Waals surface area contributed by atoms with Crippen LogP contribution in [0.3, 0.4) is 0 Å². The van der Waals surface area contributed by atoms with Crippen LogP contribution in [0.4, 0.5) is 5.82 Å². The van der Waals surface area contributed by atoms with Gasteiger partial charge in [0.25, 0.3) is 5.91 Å². The third-order valence-corrected chi connectivity index (χ3v) is 5.78. The van der Waals surface area contributed by atoms with Gasteiger partial charge in [-0.05, 0) is 60.9 Å². The maximum absolute atomic E-state index is 12.6. The Kier molecular flexibility index (Phi) is 6.24. The number of carbonyl (C=O) groups excluding carboxylic acids is 1. The van der Waals surface area contributed by atoms with Crippen LogP contribution < -0.4 is 10.6 Å². The Morgan fingerprint density at radius 1 is 1.19 bits per heavy atom. The Labute approximate surface area is 191 Å². The first-order valence-electron chi connectivity index (χ1n) is 10.4. The summed E-state index contributed by atoms with van der Waals surface area (Å²) in [7, 11) is 1.95. The zero-order valence-corrected chi connectivity index (χ0v) is 19.4. The van der Waals surface area contributed by atoms with Crippen LogP contribution >= 0.6 is 11.3 Å². The van der Waals surface area contributed by atoms with Gasteiger partial charge in [-0.3, -0.25) is 4.79 Å². The van der Waals surface area contributed by atoms with Gasteiger partial charge in [-0.2, -0.15) is 11.3 Å². The summed E-state index contributed by atoms with van der Waals surface area (Å²) in [5.41, 5.74) is 5.20. The lowest BCUT2D eigenvalue weighted by Crippen LogP contribution is -2.22. The molecule has 3 aromatic heterocycles. The van der Waals surface area contributed by atoms with E-state index in [2.05, 4.69) is 46.3 Å². The van der Waals surface area contributed by atoms with Crippen LogP contribution in [0.1, 0.15) is 46.5 Å². The highest BCUT2D eigenvalue weighted by Gasteiger charge is 2.13. The lowest BCUT2D eigenvalue weighted by molar-refractivity contribution is 0.0951. The van der Waals surface area contributed by atoms with Gasteiger partial charge in [0.2, 0.25) is 0 Å². The first-order valence-corrected chi connectivity index (χ1v) is 11.3. The molecular weight excluding hydrogens is 418 g/mol. The molecular formula is C25H25N5OS. The standard InChI is InChI=1S/C25H25N5OS/c1-16(2)29-23-22-21(13-30(4)24(22)28-15-27-23)8-7-19-11-20(6-5-17(19)3)25(31)26-12-18-9-10-32-14-18/h5-6,9-11,13-16H,12H2,1-4H3,(H,26,31)(H,27,28,29). The van der Waals surface area contributed by atoms with Gasteiger partial charge in [0.1, 0.15) is 17.8 Å². The predicted molar refractivity (Wildman–Crippen MR) is 130 cm³/mol. The number of rotatable bonds is 5. The molecule has 0 spiro atoms. The van der Waals surface area contributed by atoms with E-state index in [1.54, 1.807) is 17.7 Å². The Bertz CT molecular complexity index is 1330. The highest BCUT2D eigenvalue weighted by molar-refractivity contribution is 7.07. The molecule has 2 N–H and O–H groups in total. The molecule has 0 radical (unpaired) electrons. The molecule has 0 bridgehead atoms. The van der Waals surface area contributed by atoms with E-state index in [9.17, 15) is 4.79 Å². The van der Waals surface area contributed by atoms with Crippen molar-refractivity contribution in [1.82, 2.24) is 19.9 Å². The fourth-order valence-electron chi connectivity index (χ4n) is 3.40. The molecule has 0 atom stereocenters. The third-order valence-electron chi connectivity index (χ3n) is 5.04. The lowest BCUT2D eigenvalue weighted by atomic mass is 10.0. The van der Waals surface area contributed by atoms with E-state index < -0.39 is 0 Å². The molecule has 32 heavy (non-hydrogen) atoms. The molecule has 162 valence electrons. The van der Waals surface area contributed by atoms with Crippen molar-refractivity contribution >= 4 is 34.1 Å². The van der Waals surface area contributed by atoms with Gasteiger partial charge in [-0.25, -0.2) is 9.97 Å². The summed E-state index contributed by atoms with van der Waals surface area (Å²) in [6.07, 6.45) is 3.52. The molecule has 6 nitrogen and oxygen atoms in total. The third kappa shape index (κ3) is 4.66. The number of amides is 1. The normalized spacial score (nSPS) is 10.8. The number of hydrogen-bond donors (Lipinski definition) is 2. The number of carbonyl (C=O) groups is 1. The maximum Gasteiger partial charge on any atom is 0.251 e. The van der Waals surface area contributed by atoms with Crippen LogP contribution in [0.2, 0.25) is 0 Å². The SMILES string of the molecule is Cc1ccc(C(=O)NCc2ccsc2)cc1C#Cc1cn(C)c2ncnc(NC(C)C)c12. The van der Waals surface area contributed by atoms with Crippen molar-refractivity contribution in [3.63, 3.8) is 0 Å². The Hall–Kier alpha value is -3.63. The zero-order valence-electron chi connectivity index (χ0n) is 18.6. The molecule has 0 aliphatic heterocycles. The second-order valence-corrected chi connectivity index (χ2v) is 8.75. The summed E-state index contributed by atoms with van der Waals surface area (Å²) in [6.45, 7) is 6.65. The van der Waals surface area contributed by atoms with Crippen molar-refractivity contribution in [2.24, 2.45) is 7.05 Å². The van der Waals surface area contributed by atoms with Gasteiger partial charge in [-0.15, -0.1) is 0 Å². The van der Waals surface area contributed by atoms with Crippen molar-refractivity contribution in [2.75, 3.05) is 5.32 Å². The van der Waals surface area contributed by atoms with E-state index in [4.69, 9.17) is 0 Å². The minimum Gasteiger partial charge on any atom is -0.367 e. The highest BCUT2D eigenvalue weighted by Crippen LogP contribution is 2.25. The summed E-state index contributed by atoms with van der Waals surface area (Å²) in [6, 6.07) is 7.86. The van der Waals surface area contributed by atoms with Crippen molar-refractivity contribution < 1.29 is 4.79 Å². The molecule has 4 rings (SSSR count). The fraction of sp³-hybridized carbons (Fsp3) is 0.240. The number of anilines is 1. The van der Waals surface area contributed by atoms with Gasteiger partial charge >= 0.3 is 0 Å². The van der Waals surface area contributed by atoms with E-state index in [1.165, 1.54) is 0 Å². The molecule has 3 heterocycles. The number of hydrogen-bond acceptors (Lipinski definition) is 5. The molecule has 7 heteroatoms. The summed E-state index contributed by atoms with van der Waals surface area (Å²) in [5, 5.41) is 11.3. The highest BCUT2D eigenvalue weighted by atomic mass is 32.1. The second kappa shape index (κ2) is 9.25. The molecule has 1 aromatic carbocycles. The van der Waals surface area contributed by atoms with Crippen molar-refractivity contribution in [2.45, 2.75) is 33.4 Å². The molecule has 0 fully saturated rings. The van der Waals surface area contributed by atoms with Crippen molar-refractivity contribution in [3.8, 4) is 11.8 Å². The van der Waals surface area contributed by atoms with Crippen molar-refractivity contribution in [3.05, 3.63) is 75.4 Å². The van der Waals surface area contributed by atoms with Crippen LogP contribution in [-0.2, 0) is 13.6 Å². The number of nitrogens with zero attached hydrogens (tertiary/aromatic N) is 3. The van der Waals surface area contributed by atoms with Crippen LogP contribution in [-0.4, -0.2) is 26.5 Å². The quantitative estimate of drug-likeness (QED) is 0.446. The predicted octanol–water partition coefficient (Wildman–Crippen LogP) is 4.49. The topological polar surface area (TPSA) is 71.8 Å². The lowest BCUT2D eigenvalue weighted by Gasteiger charge is -2.09. The minimum absolute atomic E-state index is 0.110. The smallest absolute Gasteiger partial charge is 0.251 e. The van der Waals surface area contributed by atoms with Gasteiger partial charge < -0.3 is 15.2 Å². The van der Waals surface area contributed by atoms with Gasteiger partial charge in [0.05, 0.1) is 10.9 Å². The molecule has 0 unspecified atom stereocenters. The molecule has 1 amide bonds. The summed E-state index contributed by atoms with van der Waals surface area (Å²) < 4.78 is 1.95. The van der Waals surface area contributed by atoms with Gasteiger partial charge in [-0.1, -0.05) is 17.9 Å². The Morgan fingerprint density at radius 3 is 2.75 bits per heavy atom. The molecule has 0 aliphatic carbocycles. The number of nitrogens with one attached hydrogen (secondary N) is 2. The molecule has 0 aliphatic rings. The number of aromatic nitrogens is 3. The largest absolute Gasteiger partial charge is 0.367 e. The van der Waals surface area contributed by atoms with E-state index >= 15 is 0 Å². The second-order valence-electron chi connectivity index (χ2n) is 7.97. The van der Waals surface area contributed by atoms with E-state index in [0.717, 1.165) is 39.1 Å². The van der Waals surface area contributed by atoms with Gasteiger partial charge in [0.15, 0.2) is 0 Å². The van der Waals surface area contributed by atoms with E-state index in [0.29, 0.717) is 12.1 Å². The molecule has 4 aromatic rings. The molecule has 0 saturated heterocycles. The van der Waals surface area contributed by atoms with Crippen LogP contribution in [0.15, 0.2) is 47.5 Å². The van der Waals surface area contributed by atoms with Crippen LogP contribution in [0.5, 0.6) is 0 Å². The first kappa shape index (κ1) is 21.6. The number of thiophene rings is 1. The van der Waals surface area contributed by atoms with Crippen LogP contribution in [0, 0.1) is 18.8 Å². The maximum atomic E-state index is 12.6. The van der Waals surface area contributed by atoms with Gasteiger partial charge in [0, 0.05) is 37.0 Å². The first-order chi connectivity index (χ1) is 15.4. The fourth-order valence-corrected chi connectivity index (χ4v) is 4.07. The monoisotopic (exact) mass is 443 g/mol. The number of fused-ring (bicyclic) bond motifs is 1. The number of aryl methyl sites for hydroxylation is 2. The van der Waals surface area contributed by atoms with Crippen LogP contribution in [0.25, 0.3) is 11.0 Å². The van der Waals surface area contributed by atoms with Crippen molar-refractivity contribution in [1.29, 1.82) is 0 Å². The Morgan fingerprint density at radius 2 is 2.00 bits per heavy atom. The Balaban J connectivity index is 1.64. The summed E-state index contributed by atoms with van der Waals surface area (Å²) >= 11 is 1.62. The number of benzene rings is 1. The van der Waals surface area contributed by atoms with E-state index in [-0.39, 0.29) is 11.9 Å². The molecule has 0 saturated carbocycles. The average Bonchev–Trinajstić information content (AvgIpc) is 3.40. The summed E-state index contributed by atoms with van der Waals surface area (Å²) in [5.74, 6) is 7.20. The minimum atomic E-state index is -0.110. The summed E-state index contributed by atoms with van der Waals surface area (Å²) in [4.78, 5) is 21.4. The average molecular weight is 444 g/mol. The van der Waals surface area contributed by atoms with E-state index in [1.807, 2.05) is 59.8 Å². The zero-order chi connectivity index (χ0) is 22.7.